The molecule has 1 aliphatic heterocycles. The fourth-order valence-electron chi connectivity index (χ4n) is 2.26. The number of nitroso groups, excluding NO2 is 1. The second-order valence-electron chi connectivity index (χ2n) is 4.26. The van der Waals surface area contributed by atoms with E-state index >= 15 is 0 Å². The highest BCUT2D eigenvalue weighted by Gasteiger charge is 2.52. The van der Waals surface area contributed by atoms with E-state index in [1.54, 1.807) is 6.92 Å². The summed E-state index contributed by atoms with van der Waals surface area (Å²) < 4.78 is 0.939. The van der Waals surface area contributed by atoms with E-state index in [0.717, 1.165) is 46.9 Å². The van der Waals surface area contributed by atoms with Crippen molar-refractivity contribution in [2.45, 2.75) is 51.6 Å². The Hall–Kier alpha value is -0.900. The first-order valence-electron chi connectivity index (χ1n) is 5.28. The highest BCUT2D eigenvalue weighted by atomic mass is 16.5. The Morgan fingerprint density at radius 2 is 2.14 bits per heavy atom. The summed E-state index contributed by atoms with van der Waals surface area (Å²) in [5.41, 5.74) is 0.584. The van der Waals surface area contributed by atoms with Crippen LogP contribution in [0, 0.1) is 10.1 Å². The molecule has 0 bridgehead atoms. The summed E-state index contributed by atoms with van der Waals surface area (Å²) in [6.07, 6.45) is 4.17. The predicted octanol–water partition coefficient (Wildman–Crippen LogP) is 2.49. The molecule has 2 rings (SSSR count). The van der Waals surface area contributed by atoms with Crippen molar-refractivity contribution in [3.63, 3.8) is 0 Å². The molecule has 0 aromatic carbocycles. The molecule has 0 saturated heterocycles. The van der Waals surface area contributed by atoms with Crippen LogP contribution in [0.2, 0.25) is 0 Å². The number of allylic oxidation sites excluding steroid dienone is 2. The second kappa shape index (κ2) is 3.05. The van der Waals surface area contributed by atoms with E-state index in [2.05, 4.69) is 0 Å². The van der Waals surface area contributed by atoms with Crippen molar-refractivity contribution < 1.29 is 4.76 Å². The van der Waals surface area contributed by atoms with Crippen LogP contribution >= 0.6 is 0 Å². The zero-order valence-electron chi connectivity index (χ0n) is 8.75. The molecule has 78 valence electrons. The fourth-order valence-corrected chi connectivity index (χ4v) is 2.26. The maximum atomic E-state index is 11.9. The van der Waals surface area contributed by atoms with Gasteiger partial charge in [-0.2, -0.15) is 0 Å². The highest BCUT2D eigenvalue weighted by molar-refractivity contribution is 5.17. The zero-order valence-corrected chi connectivity index (χ0v) is 8.75. The van der Waals surface area contributed by atoms with Gasteiger partial charge in [0.05, 0.1) is 10.5 Å². The van der Waals surface area contributed by atoms with Gasteiger partial charge in [0.2, 0.25) is 0 Å². The largest absolute Gasteiger partial charge is 0.753 e. The van der Waals surface area contributed by atoms with E-state index in [4.69, 9.17) is 0 Å². The summed E-state index contributed by atoms with van der Waals surface area (Å²) in [5.74, 6) is 0. The molecule has 0 fully saturated rings. The first-order chi connectivity index (χ1) is 6.61. The van der Waals surface area contributed by atoms with Crippen molar-refractivity contribution in [1.29, 1.82) is 0 Å². The van der Waals surface area contributed by atoms with E-state index in [0.29, 0.717) is 6.42 Å². The van der Waals surface area contributed by atoms with Crippen LogP contribution < -0.4 is 0 Å². The molecule has 4 nitrogen and oxygen atoms in total. The van der Waals surface area contributed by atoms with E-state index in [-0.39, 0.29) is 0 Å². The number of hydroxylamine groups is 2. The zero-order chi connectivity index (χ0) is 10.3. The molecule has 0 aromatic rings. The lowest BCUT2D eigenvalue weighted by Crippen LogP contribution is -2.43. The van der Waals surface area contributed by atoms with Crippen LogP contribution in [0.3, 0.4) is 0 Å². The van der Waals surface area contributed by atoms with Gasteiger partial charge in [0, 0.05) is 24.7 Å². The lowest BCUT2D eigenvalue weighted by atomic mass is 10.0. The van der Waals surface area contributed by atoms with E-state index < -0.39 is 5.66 Å². The van der Waals surface area contributed by atoms with Crippen LogP contribution in [0.4, 0.5) is 0 Å². The third kappa shape index (κ3) is 1.03. The Labute approximate surface area is 83.7 Å². The molecule has 0 spiro atoms. The number of hydrogen-bond acceptors (Lipinski definition) is 3. The standard InChI is InChI=1S/C10H16N2O2/c1-3-10(2)11(13)8-6-4-5-7-9(8)12(10)14/h3-7H2,1-2H3. The van der Waals surface area contributed by atoms with Crippen LogP contribution in [0.1, 0.15) is 46.0 Å². The van der Waals surface area contributed by atoms with Gasteiger partial charge < -0.3 is 10.3 Å². The lowest BCUT2D eigenvalue weighted by molar-refractivity contribution is -0.591. The summed E-state index contributed by atoms with van der Waals surface area (Å²) >= 11 is 0. The van der Waals surface area contributed by atoms with Gasteiger partial charge >= 0.3 is 0 Å². The molecule has 4 heteroatoms. The topological polar surface area (TPSA) is 46.4 Å². The van der Waals surface area contributed by atoms with Crippen LogP contribution in [0.25, 0.3) is 0 Å². The van der Waals surface area contributed by atoms with Gasteiger partial charge in [0.1, 0.15) is 0 Å². The summed E-state index contributed by atoms with van der Waals surface area (Å²) in [5, 5.41) is 12.9. The van der Waals surface area contributed by atoms with Gasteiger partial charge in [-0.25, -0.2) is 0 Å². The molecule has 0 aromatic heterocycles. The van der Waals surface area contributed by atoms with Crippen LogP contribution in [0.15, 0.2) is 11.4 Å². The van der Waals surface area contributed by atoms with Crippen molar-refractivity contribution in [3.8, 4) is 0 Å². The second-order valence-corrected chi connectivity index (χ2v) is 4.26. The molecule has 14 heavy (non-hydrogen) atoms. The minimum absolute atomic E-state index is 0.562. The maximum Gasteiger partial charge on any atom is 0.279 e. The Balaban J connectivity index is 2.39. The maximum absolute atomic E-state index is 11.9. The Morgan fingerprint density at radius 3 is 2.71 bits per heavy atom. The minimum Gasteiger partial charge on any atom is -0.753 e. The van der Waals surface area contributed by atoms with E-state index in [1.165, 1.54) is 0 Å². The van der Waals surface area contributed by atoms with Crippen LogP contribution in [-0.2, 0) is 0 Å². The molecule has 0 N–H and O–H groups in total. The molecule has 0 amide bonds. The van der Waals surface area contributed by atoms with E-state index in [1.807, 2.05) is 6.92 Å². The van der Waals surface area contributed by atoms with Crippen molar-refractivity contribution in [2.75, 3.05) is 0 Å². The first kappa shape index (κ1) is 9.65. The normalized spacial score (nSPS) is 32.5. The number of hydrogen-bond donors (Lipinski definition) is 0. The van der Waals surface area contributed by atoms with Gasteiger partial charge in [0.25, 0.3) is 11.4 Å². The number of nitrogens with zero attached hydrogens (tertiary/aromatic N) is 2. The molecule has 0 saturated carbocycles. The smallest absolute Gasteiger partial charge is 0.279 e. The lowest BCUT2D eigenvalue weighted by Gasteiger charge is -2.35. The summed E-state index contributed by atoms with van der Waals surface area (Å²) in [6, 6.07) is 0. The Morgan fingerprint density at radius 1 is 1.50 bits per heavy atom. The average molecular weight is 196 g/mol. The average Bonchev–Trinajstić information content (AvgIpc) is 2.43. The van der Waals surface area contributed by atoms with Crippen molar-refractivity contribution in [3.05, 3.63) is 21.5 Å². The minimum atomic E-state index is -0.880. The van der Waals surface area contributed by atoms with Gasteiger partial charge in [-0.15, -0.1) is 0 Å². The summed E-state index contributed by atoms with van der Waals surface area (Å²) in [4.78, 5) is 11.9. The Kier molecular flexibility index (Phi) is 2.10. The van der Waals surface area contributed by atoms with E-state index in [9.17, 15) is 10.1 Å². The highest BCUT2D eigenvalue weighted by Crippen LogP contribution is 2.41. The molecule has 1 heterocycles. The molecular formula is C10H16N2O2. The third-order valence-corrected chi connectivity index (χ3v) is 3.45. The predicted molar refractivity (Wildman–Crippen MR) is 53.0 cm³/mol. The van der Waals surface area contributed by atoms with Gasteiger partial charge in [-0.1, -0.05) is 6.92 Å². The molecule has 2 aliphatic rings. The van der Waals surface area contributed by atoms with Crippen molar-refractivity contribution >= 4 is 0 Å². The van der Waals surface area contributed by atoms with Crippen LogP contribution in [-0.4, -0.2) is 15.5 Å². The first-order valence-corrected chi connectivity index (χ1v) is 5.28. The molecule has 1 atom stereocenters. The SMILES string of the molecule is CCC1(C)N([O-])C2=C(CCCC2)[N+]1=O. The summed E-state index contributed by atoms with van der Waals surface area (Å²) in [7, 11) is 0. The van der Waals surface area contributed by atoms with Gasteiger partial charge in [-0.05, 0) is 19.3 Å². The van der Waals surface area contributed by atoms with Crippen molar-refractivity contribution in [1.82, 2.24) is 5.06 Å². The number of rotatable bonds is 1. The third-order valence-electron chi connectivity index (χ3n) is 3.45. The molecule has 1 aliphatic carbocycles. The molecular weight excluding hydrogens is 180 g/mol. The summed E-state index contributed by atoms with van der Waals surface area (Å²) in [6.45, 7) is 3.61. The quantitative estimate of drug-likeness (QED) is 0.605. The van der Waals surface area contributed by atoms with Gasteiger partial charge in [0.15, 0.2) is 0 Å². The van der Waals surface area contributed by atoms with Crippen LogP contribution in [0.5, 0.6) is 0 Å². The molecule has 0 radical (unpaired) electrons. The van der Waals surface area contributed by atoms with Crippen molar-refractivity contribution in [2.24, 2.45) is 0 Å². The van der Waals surface area contributed by atoms with Gasteiger partial charge in [-0.3, -0.25) is 0 Å². The molecule has 1 unspecified atom stereocenters. The fraction of sp³-hybridized carbons (Fsp3) is 0.800. The Bertz CT molecular complexity index is 311. The monoisotopic (exact) mass is 196 g/mol.